The van der Waals surface area contributed by atoms with E-state index in [1.165, 1.54) is 6.42 Å². The van der Waals surface area contributed by atoms with Crippen molar-refractivity contribution < 1.29 is 14.7 Å². The second kappa shape index (κ2) is 10.1. The molecule has 0 aromatic heterocycles. The van der Waals surface area contributed by atoms with Crippen molar-refractivity contribution in [2.45, 2.75) is 65.0 Å². The van der Waals surface area contributed by atoms with Crippen LogP contribution in [-0.4, -0.2) is 65.5 Å². The van der Waals surface area contributed by atoms with Crippen LogP contribution >= 0.6 is 11.6 Å². The van der Waals surface area contributed by atoms with Crippen LogP contribution in [0.2, 0.25) is 5.02 Å². The first-order valence-corrected chi connectivity index (χ1v) is 12.2. The largest absolute Gasteiger partial charge is 0.384 e. The molecule has 3 rings (SSSR count). The Morgan fingerprint density at radius 2 is 1.72 bits per heavy atom. The van der Waals surface area contributed by atoms with E-state index in [4.69, 9.17) is 11.6 Å². The topological polar surface area (TPSA) is 72.9 Å². The fourth-order valence-electron chi connectivity index (χ4n) is 5.02. The van der Waals surface area contributed by atoms with E-state index in [9.17, 15) is 14.7 Å². The standard InChI is InChI=1S/C25H38ClN3O3/c1-18(2)22(27-21(30)16-28-13-6-5-7-14-28)23(31)29-15-12-25(32,24(3,4)17-29)19-8-10-20(26)11-9-19/h8-11,18,22,32H,5-7,12-17H2,1-4H3,(H,27,30)/t22-,25+/m1/s1. The van der Waals surface area contributed by atoms with Crippen molar-refractivity contribution in [3.05, 3.63) is 34.9 Å². The van der Waals surface area contributed by atoms with Crippen molar-refractivity contribution in [1.82, 2.24) is 15.1 Å². The molecule has 1 aromatic rings. The summed E-state index contributed by atoms with van der Waals surface area (Å²) in [6.07, 6.45) is 3.90. The number of nitrogens with zero attached hydrogens (tertiary/aromatic N) is 2. The monoisotopic (exact) mass is 463 g/mol. The van der Waals surface area contributed by atoms with Gasteiger partial charge in [0, 0.05) is 23.5 Å². The Kier molecular flexibility index (Phi) is 7.89. The summed E-state index contributed by atoms with van der Waals surface area (Å²) in [5.41, 5.74) is -0.804. The molecule has 2 fully saturated rings. The highest BCUT2D eigenvalue weighted by molar-refractivity contribution is 6.30. The summed E-state index contributed by atoms with van der Waals surface area (Å²) in [5, 5.41) is 15.2. The average Bonchev–Trinajstić information content (AvgIpc) is 2.74. The summed E-state index contributed by atoms with van der Waals surface area (Å²) in [5.74, 6) is -0.181. The van der Waals surface area contributed by atoms with Crippen LogP contribution in [0.5, 0.6) is 0 Å². The van der Waals surface area contributed by atoms with Crippen LogP contribution in [-0.2, 0) is 15.2 Å². The highest BCUT2D eigenvalue weighted by Crippen LogP contribution is 2.46. The van der Waals surface area contributed by atoms with Gasteiger partial charge < -0.3 is 15.3 Å². The molecule has 6 nitrogen and oxygen atoms in total. The molecule has 0 radical (unpaired) electrons. The molecule has 0 bridgehead atoms. The van der Waals surface area contributed by atoms with Gasteiger partial charge in [-0.3, -0.25) is 14.5 Å². The number of benzene rings is 1. The first-order valence-electron chi connectivity index (χ1n) is 11.8. The fraction of sp³-hybridized carbons (Fsp3) is 0.680. The average molecular weight is 464 g/mol. The minimum absolute atomic E-state index is 0.0204. The molecule has 0 spiro atoms. The van der Waals surface area contributed by atoms with Crippen molar-refractivity contribution in [2.75, 3.05) is 32.7 Å². The molecule has 2 heterocycles. The molecule has 2 saturated heterocycles. The molecule has 2 atom stereocenters. The Labute approximate surface area is 197 Å². The molecule has 0 saturated carbocycles. The van der Waals surface area contributed by atoms with Crippen molar-refractivity contribution in [3.8, 4) is 0 Å². The van der Waals surface area contributed by atoms with Gasteiger partial charge in [0.15, 0.2) is 0 Å². The van der Waals surface area contributed by atoms with E-state index in [1.54, 1.807) is 17.0 Å². The second-order valence-electron chi connectivity index (χ2n) is 10.4. The lowest BCUT2D eigenvalue weighted by Crippen LogP contribution is -2.61. The highest BCUT2D eigenvalue weighted by Gasteiger charge is 2.50. The van der Waals surface area contributed by atoms with E-state index >= 15 is 0 Å². The van der Waals surface area contributed by atoms with Gasteiger partial charge in [0.1, 0.15) is 6.04 Å². The molecular formula is C25H38ClN3O3. The molecule has 2 aliphatic heterocycles. The molecule has 1 aromatic carbocycles. The summed E-state index contributed by atoms with van der Waals surface area (Å²) in [4.78, 5) is 30.1. The maximum Gasteiger partial charge on any atom is 0.245 e. The number of carbonyl (C=O) groups is 2. The number of rotatable bonds is 6. The predicted molar refractivity (Wildman–Crippen MR) is 127 cm³/mol. The van der Waals surface area contributed by atoms with Gasteiger partial charge in [-0.05, 0) is 56.0 Å². The molecule has 0 unspecified atom stereocenters. The van der Waals surface area contributed by atoms with E-state index in [2.05, 4.69) is 10.2 Å². The lowest BCUT2D eigenvalue weighted by atomic mass is 9.66. The van der Waals surface area contributed by atoms with Crippen molar-refractivity contribution in [3.63, 3.8) is 0 Å². The number of hydrogen-bond donors (Lipinski definition) is 2. The van der Waals surface area contributed by atoms with Gasteiger partial charge in [0.05, 0.1) is 12.1 Å². The summed E-state index contributed by atoms with van der Waals surface area (Å²) in [6.45, 7) is 11.0. The molecule has 2 amide bonds. The van der Waals surface area contributed by atoms with Crippen LogP contribution in [0.3, 0.4) is 0 Å². The zero-order chi connectivity index (χ0) is 23.5. The number of hydrogen-bond acceptors (Lipinski definition) is 4. The smallest absolute Gasteiger partial charge is 0.245 e. The predicted octanol–water partition coefficient (Wildman–Crippen LogP) is 3.41. The van der Waals surface area contributed by atoms with Gasteiger partial charge in [-0.15, -0.1) is 0 Å². The molecule has 2 aliphatic rings. The van der Waals surface area contributed by atoms with Gasteiger partial charge in [0.25, 0.3) is 0 Å². The van der Waals surface area contributed by atoms with Gasteiger partial charge in [0.2, 0.25) is 11.8 Å². The normalized spacial score (nSPS) is 24.9. The van der Waals surface area contributed by atoms with E-state index in [0.29, 0.717) is 31.1 Å². The quantitative estimate of drug-likeness (QED) is 0.678. The lowest BCUT2D eigenvalue weighted by molar-refractivity contribution is -0.156. The molecule has 0 aliphatic carbocycles. The molecule has 2 N–H and O–H groups in total. The van der Waals surface area contributed by atoms with Crippen molar-refractivity contribution in [2.24, 2.45) is 11.3 Å². The number of piperidine rings is 2. The summed E-state index contributed by atoms with van der Waals surface area (Å²) in [6, 6.07) is 6.73. The van der Waals surface area contributed by atoms with Crippen LogP contribution in [0.1, 0.15) is 58.9 Å². The van der Waals surface area contributed by atoms with E-state index in [1.807, 2.05) is 39.8 Å². The Bertz CT molecular complexity index is 805. The zero-order valence-corrected chi connectivity index (χ0v) is 20.6. The van der Waals surface area contributed by atoms with Gasteiger partial charge in [-0.2, -0.15) is 0 Å². The summed E-state index contributed by atoms with van der Waals surface area (Å²) < 4.78 is 0. The molecule has 32 heavy (non-hydrogen) atoms. The number of nitrogens with one attached hydrogen (secondary N) is 1. The van der Waals surface area contributed by atoms with Crippen LogP contribution in [0, 0.1) is 11.3 Å². The number of carbonyl (C=O) groups excluding carboxylic acids is 2. The third-order valence-corrected chi connectivity index (χ3v) is 7.40. The number of halogens is 1. The van der Waals surface area contributed by atoms with Crippen LogP contribution in [0.15, 0.2) is 24.3 Å². The zero-order valence-electron chi connectivity index (χ0n) is 19.9. The van der Waals surface area contributed by atoms with Gasteiger partial charge in [-0.25, -0.2) is 0 Å². The lowest BCUT2D eigenvalue weighted by Gasteiger charge is -2.51. The van der Waals surface area contributed by atoms with Crippen LogP contribution in [0.4, 0.5) is 0 Å². The van der Waals surface area contributed by atoms with E-state index in [-0.39, 0.29) is 17.7 Å². The van der Waals surface area contributed by atoms with Crippen LogP contribution < -0.4 is 5.32 Å². The third-order valence-electron chi connectivity index (χ3n) is 7.15. The fourth-order valence-corrected chi connectivity index (χ4v) is 5.15. The van der Waals surface area contributed by atoms with E-state index in [0.717, 1.165) is 31.5 Å². The molecule has 7 heteroatoms. The van der Waals surface area contributed by atoms with Crippen molar-refractivity contribution in [1.29, 1.82) is 0 Å². The third kappa shape index (κ3) is 5.46. The van der Waals surface area contributed by atoms with Crippen molar-refractivity contribution >= 4 is 23.4 Å². The maximum absolute atomic E-state index is 13.4. The maximum atomic E-state index is 13.4. The Morgan fingerprint density at radius 1 is 1.09 bits per heavy atom. The molecule has 178 valence electrons. The first kappa shape index (κ1) is 25.0. The number of amides is 2. The number of aliphatic hydroxyl groups is 1. The van der Waals surface area contributed by atoms with Crippen LogP contribution in [0.25, 0.3) is 0 Å². The minimum Gasteiger partial charge on any atom is -0.384 e. The first-order chi connectivity index (χ1) is 15.0. The Balaban J connectivity index is 1.67. The minimum atomic E-state index is -1.06. The van der Waals surface area contributed by atoms with E-state index < -0.39 is 17.1 Å². The Morgan fingerprint density at radius 3 is 2.28 bits per heavy atom. The van der Waals surface area contributed by atoms with Gasteiger partial charge in [-0.1, -0.05) is 57.8 Å². The summed E-state index contributed by atoms with van der Waals surface area (Å²) in [7, 11) is 0. The number of likely N-dealkylation sites (tertiary alicyclic amines) is 2. The van der Waals surface area contributed by atoms with Gasteiger partial charge >= 0.3 is 0 Å². The second-order valence-corrected chi connectivity index (χ2v) is 10.8. The Hall–Kier alpha value is -1.63. The highest BCUT2D eigenvalue weighted by atomic mass is 35.5. The summed E-state index contributed by atoms with van der Waals surface area (Å²) >= 11 is 6.03. The SMILES string of the molecule is CC(C)[C@@H](NC(=O)CN1CCCCC1)C(=O)N1CC[C@](O)(c2ccc(Cl)cc2)C(C)(C)C1. The molecular weight excluding hydrogens is 426 g/mol.